The molecule has 0 atom stereocenters. The third-order valence-corrected chi connectivity index (χ3v) is 34.1. The molecule has 0 spiro atoms. The largest absolute Gasteiger partial charge is 0.309 e. The Kier molecular flexibility index (Phi) is 15.6. The molecule has 0 saturated carbocycles. The molecule has 16 aromatic carbocycles. The van der Waals surface area contributed by atoms with Crippen LogP contribution in [-0.2, 0) is 103 Å². The summed E-state index contributed by atoms with van der Waals surface area (Å²) < 4.78 is 0. The van der Waals surface area contributed by atoms with Crippen LogP contribution in [0.5, 0.6) is 0 Å². The first-order chi connectivity index (χ1) is 69.3. The second-order valence-electron chi connectivity index (χ2n) is 41.5. The van der Waals surface area contributed by atoms with E-state index in [1.165, 1.54) is 330 Å². The van der Waals surface area contributed by atoms with E-state index >= 15 is 0 Å². The molecule has 0 N–H and O–H groups in total. The Morgan fingerprint density at radius 1 is 0.157 bits per heavy atom. The Morgan fingerprint density at radius 2 is 0.457 bits per heavy atom. The monoisotopic (exact) mass is 1780 g/mol. The van der Waals surface area contributed by atoms with Gasteiger partial charge in [-0.05, 0) is 392 Å². The molecule has 8 nitrogen and oxygen atoms in total. The van der Waals surface area contributed by atoms with Gasteiger partial charge in [0.15, 0.2) is 0 Å². The zero-order valence-corrected chi connectivity index (χ0v) is 77.2. The fraction of sp³-hybridized carbons (Fsp3) is 0.121. The first-order valence-electron chi connectivity index (χ1n) is 50.3. The molecule has 8 aliphatic carbocycles. The molecule has 36 rings (SSSR count). The topological polar surface area (TPSA) is 64.5 Å². The number of fused-ring (bicyclic) bond motifs is 44. The van der Waals surface area contributed by atoms with Gasteiger partial charge in [-0.15, -0.1) is 0 Å². The van der Waals surface area contributed by atoms with Crippen molar-refractivity contribution in [3.05, 3.63) is 519 Å². The van der Waals surface area contributed by atoms with Gasteiger partial charge in [-0.25, -0.2) is 4.98 Å². The highest BCUT2D eigenvalue weighted by Crippen LogP contribution is 2.64. The molecule has 0 saturated heterocycles. The van der Waals surface area contributed by atoms with Crippen LogP contribution in [0.3, 0.4) is 0 Å². The number of hydrogen-bond acceptors (Lipinski definition) is 8. The van der Waals surface area contributed by atoms with E-state index in [9.17, 15) is 0 Å². The summed E-state index contributed by atoms with van der Waals surface area (Å²) in [4.78, 5) is 29.1. The second-order valence-corrected chi connectivity index (χ2v) is 41.5. The van der Waals surface area contributed by atoms with Gasteiger partial charge < -0.3 is 14.7 Å². The fourth-order valence-electron chi connectivity index (χ4n) is 28.5. The molecular formula is C132H88N8. The first-order valence-corrected chi connectivity index (χ1v) is 50.3. The highest BCUT2D eigenvalue weighted by Gasteiger charge is 2.45. The molecular weight excluding hydrogens is 1700 g/mol. The second kappa shape index (κ2) is 28.5. The number of hydrogen-bond donors (Lipinski definition) is 0. The van der Waals surface area contributed by atoms with Crippen LogP contribution in [0.4, 0.5) is 68.4 Å². The molecule has 0 amide bonds. The van der Waals surface area contributed by atoms with Crippen LogP contribution < -0.4 is 19.6 Å². The molecule has 0 bridgehead atoms. The minimum atomic E-state index is 0.901. The number of aromatic nitrogens is 4. The SMILES string of the molecule is c1ccc2c(c1)Cc1cc3c(cc1-2)Cc1cc2c(c4c1N3c1cccnc1C4)-c1ccccc1C2.c1ccc2c(c1)Cc1cc3c(cc1-2)Cc1cc2c(c4c1N3c1ccncc1C4)-c1ccccc1C2.c1ccc2c(c1)Cc1cc3c(cc1-2)Cc1cc2c(c4c1N3c1cnccc1C4)-c1ccccc1C2.c1ccc2c(c1)Cc1cc3c(cc1-2)Cc1cc2c(c4c1N3c1ncccc1C4)-c1ccccc1C2. The molecule has 8 aliphatic heterocycles. The molecule has 16 aliphatic rings. The van der Waals surface area contributed by atoms with Gasteiger partial charge in [0.2, 0.25) is 0 Å². The van der Waals surface area contributed by atoms with E-state index in [4.69, 9.17) is 9.97 Å². The average Bonchev–Trinajstić information content (AvgIpc) is 1.35. The Balaban J connectivity index is 0.0000000829. The highest BCUT2D eigenvalue weighted by molar-refractivity contribution is 6.03. The van der Waals surface area contributed by atoms with Gasteiger partial charge in [0, 0.05) is 82.4 Å². The molecule has 0 unspecified atom stereocenters. The quantitative estimate of drug-likeness (QED) is 0.149. The van der Waals surface area contributed by atoms with Crippen molar-refractivity contribution in [2.75, 3.05) is 19.6 Å². The summed E-state index contributed by atoms with van der Waals surface area (Å²) >= 11 is 0. The third-order valence-electron chi connectivity index (χ3n) is 34.1. The summed E-state index contributed by atoms with van der Waals surface area (Å²) in [5.74, 6) is 1.10. The van der Waals surface area contributed by atoms with E-state index in [0.717, 1.165) is 109 Å². The van der Waals surface area contributed by atoms with Crippen molar-refractivity contribution in [1.82, 2.24) is 19.9 Å². The zero-order chi connectivity index (χ0) is 90.7. The standard InChI is InChI=1S/4C33H22N2/c1-3-9-26-19(6-1)12-22-18-30-23(17-28(22)26)14-25-15-24-13-20-7-2-4-10-27(20)31(24)29-16-21-8-5-11-34-33(21)35(30)32(25)29;1-3-8-25-19(6-1)12-21-17-31-22(16-27(21)25)14-24-15-23-13-20-7-2-4-9-26(20)32(23)28-18-29-30(10-5-11-34-29)35(31)33(24)28;1-3-7-26-19(5-1)11-21-17-31-22(15-28(21)26)13-24-14-23-12-20-6-2-4-8-27(20)32(23)29-16-25-18-34-10-9-30(25)35(31)33(24)29;1-3-7-26-19(5-1)11-22-17-30-23(16-28(22)26)13-25-14-24-12-20-6-2-4-8-27(20)32(24)29-15-21-9-10-34-18-31(21)35(30)33(25)29/h1-11,15,17-18H,12-14,16H2;1-11,15-17H,12-14,18H2;1-10,14-15,17-18H,11-13,16H2;1-10,14,16-18H,11-13,15H2. The van der Waals surface area contributed by atoms with Gasteiger partial charge >= 0.3 is 0 Å². The molecule has 20 aromatic rings. The number of anilines is 12. The minimum Gasteiger partial charge on any atom is -0.309 e. The van der Waals surface area contributed by atoms with Crippen LogP contribution in [0.15, 0.2) is 340 Å². The van der Waals surface area contributed by atoms with Crippen molar-refractivity contribution < 1.29 is 0 Å². The summed E-state index contributed by atoms with van der Waals surface area (Å²) in [6.45, 7) is 0. The van der Waals surface area contributed by atoms with E-state index in [0.29, 0.717) is 0 Å². The third kappa shape index (κ3) is 10.8. The maximum Gasteiger partial charge on any atom is 0.141 e. The predicted molar refractivity (Wildman–Crippen MR) is 564 cm³/mol. The lowest BCUT2D eigenvalue weighted by Crippen LogP contribution is -2.26. The Morgan fingerprint density at radius 3 is 0.879 bits per heavy atom. The van der Waals surface area contributed by atoms with Crippen LogP contribution in [0, 0.1) is 0 Å². The summed E-state index contributed by atoms with van der Waals surface area (Å²) in [7, 11) is 0. The lowest BCUT2D eigenvalue weighted by molar-refractivity contribution is 0.968. The van der Waals surface area contributed by atoms with Gasteiger partial charge in [0.1, 0.15) is 5.82 Å². The molecule has 140 heavy (non-hydrogen) atoms. The maximum atomic E-state index is 4.94. The minimum absolute atomic E-state index is 0.901. The van der Waals surface area contributed by atoms with Crippen LogP contribution in [0.25, 0.3) is 89.0 Å². The molecule has 656 valence electrons. The van der Waals surface area contributed by atoms with Crippen LogP contribution in [0.2, 0.25) is 0 Å². The Bertz CT molecular complexity index is 8090. The van der Waals surface area contributed by atoms with Gasteiger partial charge in [-0.1, -0.05) is 224 Å². The first kappa shape index (κ1) is 76.5. The summed E-state index contributed by atoms with van der Waals surface area (Å²) in [5, 5.41) is 0. The molecule has 4 aromatic heterocycles. The number of pyridine rings is 4. The smallest absolute Gasteiger partial charge is 0.141 e. The van der Waals surface area contributed by atoms with E-state index in [1.807, 2.05) is 24.8 Å². The zero-order valence-electron chi connectivity index (χ0n) is 77.2. The van der Waals surface area contributed by atoms with Crippen molar-refractivity contribution in [2.45, 2.75) is 103 Å². The van der Waals surface area contributed by atoms with Gasteiger partial charge in [-0.2, -0.15) is 0 Å². The van der Waals surface area contributed by atoms with Gasteiger partial charge in [0.25, 0.3) is 0 Å². The number of rotatable bonds is 0. The van der Waals surface area contributed by atoms with Crippen molar-refractivity contribution in [1.29, 1.82) is 0 Å². The molecule has 12 heterocycles. The van der Waals surface area contributed by atoms with Crippen LogP contribution >= 0.6 is 0 Å². The number of nitrogens with zero attached hydrogens (tertiary/aromatic N) is 8. The van der Waals surface area contributed by atoms with Crippen LogP contribution in [0.1, 0.15) is 178 Å². The van der Waals surface area contributed by atoms with E-state index in [-0.39, 0.29) is 0 Å². The van der Waals surface area contributed by atoms with Crippen molar-refractivity contribution >= 4 is 68.4 Å². The lowest BCUT2D eigenvalue weighted by atomic mass is 9.81. The van der Waals surface area contributed by atoms with E-state index in [1.54, 1.807) is 0 Å². The lowest BCUT2D eigenvalue weighted by Gasteiger charge is -2.40. The van der Waals surface area contributed by atoms with Crippen molar-refractivity contribution in [3.63, 3.8) is 0 Å². The van der Waals surface area contributed by atoms with Gasteiger partial charge in [-0.3, -0.25) is 19.9 Å². The molecule has 0 radical (unpaired) electrons. The van der Waals surface area contributed by atoms with E-state index < -0.39 is 0 Å². The Hall–Kier alpha value is -16.7. The predicted octanol–water partition coefficient (Wildman–Crippen LogP) is 30.0. The Labute approximate surface area is 812 Å². The van der Waals surface area contributed by atoms with Crippen molar-refractivity contribution in [2.24, 2.45) is 0 Å². The van der Waals surface area contributed by atoms with Crippen molar-refractivity contribution in [3.8, 4) is 89.0 Å². The number of benzene rings is 16. The van der Waals surface area contributed by atoms with E-state index in [2.05, 4.69) is 345 Å². The summed E-state index contributed by atoms with van der Waals surface area (Å²) in [5.41, 5.74) is 83.5. The summed E-state index contributed by atoms with van der Waals surface area (Å²) in [6.07, 6.45) is 27.9. The summed E-state index contributed by atoms with van der Waals surface area (Å²) in [6, 6.07) is 114. The highest BCUT2D eigenvalue weighted by atomic mass is 15.2. The normalized spacial score (nSPS) is 14.9. The molecule has 8 heteroatoms. The average molecular weight is 1790 g/mol. The van der Waals surface area contributed by atoms with Gasteiger partial charge in [0.05, 0.1) is 74.5 Å². The molecule has 0 fully saturated rings. The maximum absolute atomic E-state index is 4.94. The fourth-order valence-corrected chi connectivity index (χ4v) is 28.5. The van der Waals surface area contributed by atoms with Crippen LogP contribution in [-0.4, -0.2) is 19.9 Å².